The standard InChI is InChI=1S/C10H15NOS/c1-3-8(2)11-6-10(12)9-4-5-13-7-9/h4-5,7-8,11H,3,6H2,1-2H3. The average molecular weight is 197 g/mol. The molecule has 1 rings (SSSR count). The summed E-state index contributed by atoms with van der Waals surface area (Å²) in [6.07, 6.45) is 1.05. The molecule has 0 bridgehead atoms. The van der Waals surface area contributed by atoms with E-state index in [1.54, 1.807) is 11.3 Å². The van der Waals surface area contributed by atoms with Crippen LogP contribution in [0, 0.1) is 0 Å². The van der Waals surface area contributed by atoms with Gasteiger partial charge in [0, 0.05) is 17.0 Å². The van der Waals surface area contributed by atoms with E-state index in [-0.39, 0.29) is 5.78 Å². The second-order valence-corrected chi connectivity index (χ2v) is 3.91. The van der Waals surface area contributed by atoms with E-state index in [1.165, 1.54) is 0 Å². The lowest BCUT2D eigenvalue weighted by Crippen LogP contribution is -2.30. The van der Waals surface area contributed by atoms with E-state index in [0.717, 1.165) is 12.0 Å². The summed E-state index contributed by atoms with van der Waals surface area (Å²) in [6, 6.07) is 2.29. The molecule has 1 atom stereocenters. The Balaban J connectivity index is 2.35. The number of Topliss-reactive ketones (excluding diaryl/α,β-unsaturated/α-hetero) is 1. The zero-order chi connectivity index (χ0) is 9.68. The highest BCUT2D eigenvalue weighted by Gasteiger charge is 2.06. The largest absolute Gasteiger partial charge is 0.307 e. The van der Waals surface area contributed by atoms with E-state index < -0.39 is 0 Å². The van der Waals surface area contributed by atoms with Gasteiger partial charge in [-0.2, -0.15) is 11.3 Å². The van der Waals surface area contributed by atoms with Crippen LogP contribution in [0.1, 0.15) is 30.6 Å². The first-order valence-electron chi connectivity index (χ1n) is 4.52. The predicted molar refractivity (Wildman–Crippen MR) is 56.4 cm³/mol. The van der Waals surface area contributed by atoms with Crippen molar-refractivity contribution in [3.05, 3.63) is 22.4 Å². The highest BCUT2D eigenvalue weighted by Crippen LogP contribution is 2.06. The quantitative estimate of drug-likeness (QED) is 0.734. The number of carbonyl (C=O) groups excluding carboxylic acids is 1. The smallest absolute Gasteiger partial charge is 0.177 e. The van der Waals surface area contributed by atoms with Crippen molar-refractivity contribution in [2.45, 2.75) is 26.3 Å². The van der Waals surface area contributed by atoms with Crippen molar-refractivity contribution in [1.29, 1.82) is 0 Å². The van der Waals surface area contributed by atoms with Crippen LogP contribution in [0.2, 0.25) is 0 Å². The van der Waals surface area contributed by atoms with Crippen LogP contribution in [0.15, 0.2) is 16.8 Å². The Morgan fingerprint density at radius 1 is 1.69 bits per heavy atom. The van der Waals surface area contributed by atoms with Gasteiger partial charge < -0.3 is 5.32 Å². The van der Waals surface area contributed by atoms with E-state index in [1.807, 2.05) is 16.8 Å². The van der Waals surface area contributed by atoms with E-state index >= 15 is 0 Å². The first-order chi connectivity index (χ1) is 6.24. The number of hydrogen-bond donors (Lipinski definition) is 1. The summed E-state index contributed by atoms with van der Waals surface area (Å²) in [6.45, 7) is 4.64. The van der Waals surface area contributed by atoms with E-state index in [0.29, 0.717) is 12.6 Å². The van der Waals surface area contributed by atoms with Crippen LogP contribution < -0.4 is 5.32 Å². The molecular formula is C10H15NOS. The minimum absolute atomic E-state index is 0.182. The third-order valence-corrected chi connectivity index (χ3v) is 2.75. The second-order valence-electron chi connectivity index (χ2n) is 3.13. The molecule has 1 heterocycles. The molecule has 0 aliphatic carbocycles. The van der Waals surface area contributed by atoms with Crippen LogP contribution in [0.5, 0.6) is 0 Å². The van der Waals surface area contributed by atoms with Gasteiger partial charge in [-0.25, -0.2) is 0 Å². The topological polar surface area (TPSA) is 29.1 Å². The molecule has 1 N–H and O–H groups in total. The van der Waals surface area contributed by atoms with Crippen molar-refractivity contribution in [3.63, 3.8) is 0 Å². The Labute approximate surface area is 83.0 Å². The molecule has 13 heavy (non-hydrogen) atoms. The minimum Gasteiger partial charge on any atom is -0.307 e. The maximum atomic E-state index is 11.5. The number of carbonyl (C=O) groups is 1. The minimum atomic E-state index is 0.182. The number of thiophene rings is 1. The predicted octanol–water partition coefficient (Wildman–Crippen LogP) is 2.32. The second kappa shape index (κ2) is 5.14. The molecular weight excluding hydrogens is 182 g/mol. The summed E-state index contributed by atoms with van der Waals surface area (Å²) >= 11 is 1.56. The Morgan fingerprint density at radius 3 is 3.00 bits per heavy atom. The molecule has 0 radical (unpaired) electrons. The van der Waals surface area contributed by atoms with Crippen LogP contribution in [-0.2, 0) is 0 Å². The number of hydrogen-bond acceptors (Lipinski definition) is 3. The molecule has 1 aromatic heterocycles. The summed E-state index contributed by atoms with van der Waals surface area (Å²) in [5, 5.41) is 6.99. The average Bonchev–Trinajstić information content (AvgIpc) is 2.66. The van der Waals surface area contributed by atoms with Gasteiger partial charge in [0.25, 0.3) is 0 Å². The van der Waals surface area contributed by atoms with Gasteiger partial charge in [0.1, 0.15) is 0 Å². The summed E-state index contributed by atoms with van der Waals surface area (Å²) < 4.78 is 0. The fourth-order valence-electron chi connectivity index (χ4n) is 0.936. The normalized spacial score (nSPS) is 12.8. The lowest BCUT2D eigenvalue weighted by atomic mass is 10.2. The molecule has 0 aliphatic heterocycles. The monoisotopic (exact) mass is 197 g/mol. The molecule has 0 aromatic carbocycles. The van der Waals surface area contributed by atoms with Crippen molar-refractivity contribution < 1.29 is 4.79 Å². The van der Waals surface area contributed by atoms with Crippen LogP contribution in [-0.4, -0.2) is 18.4 Å². The Morgan fingerprint density at radius 2 is 2.46 bits per heavy atom. The molecule has 2 nitrogen and oxygen atoms in total. The van der Waals surface area contributed by atoms with Crippen LogP contribution in [0.25, 0.3) is 0 Å². The lowest BCUT2D eigenvalue weighted by molar-refractivity contribution is 0.0988. The molecule has 1 aromatic rings. The van der Waals surface area contributed by atoms with Crippen molar-refractivity contribution in [2.24, 2.45) is 0 Å². The maximum Gasteiger partial charge on any atom is 0.177 e. The molecule has 3 heteroatoms. The van der Waals surface area contributed by atoms with E-state index in [4.69, 9.17) is 0 Å². The third-order valence-electron chi connectivity index (χ3n) is 2.07. The molecule has 0 saturated carbocycles. The first kappa shape index (κ1) is 10.4. The van der Waals surface area contributed by atoms with Gasteiger partial charge in [-0.15, -0.1) is 0 Å². The number of nitrogens with one attached hydrogen (secondary N) is 1. The van der Waals surface area contributed by atoms with Crippen molar-refractivity contribution in [3.8, 4) is 0 Å². The lowest BCUT2D eigenvalue weighted by Gasteiger charge is -2.09. The van der Waals surface area contributed by atoms with Crippen LogP contribution in [0.4, 0.5) is 0 Å². The van der Waals surface area contributed by atoms with Crippen LogP contribution in [0.3, 0.4) is 0 Å². The highest BCUT2D eigenvalue weighted by atomic mass is 32.1. The van der Waals surface area contributed by atoms with Gasteiger partial charge in [-0.3, -0.25) is 4.79 Å². The molecule has 0 aliphatic rings. The molecule has 72 valence electrons. The Kier molecular flexibility index (Phi) is 4.12. The maximum absolute atomic E-state index is 11.5. The fourth-order valence-corrected chi connectivity index (χ4v) is 1.60. The Bertz CT molecular complexity index is 256. The Hall–Kier alpha value is -0.670. The number of ketones is 1. The van der Waals surface area contributed by atoms with Gasteiger partial charge in [-0.1, -0.05) is 6.92 Å². The van der Waals surface area contributed by atoms with E-state index in [2.05, 4.69) is 19.2 Å². The van der Waals surface area contributed by atoms with Gasteiger partial charge in [0.05, 0.1) is 6.54 Å². The summed E-state index contributed by atoms with van der Waals surface area (Å²) in [5.41, 5.74) is 0.820. The van der Waals surface area contributed by atoms with Crippen molar-refractivity contribution in [1.82, 2.24) is 5.32 Å². The van der Waals surface area contributed by atoms with Gasteiger partial charge in [0.15, 0.2) is 5.78 Å². The summed E-state index contributed by atoms with van der Waals surface area (Å²) in [7, 11) is 0. The van der Waals surface area contributed by atoms with E-state index in [9.17, 15) is 4.79 Å². The highest BCUT2D eigenvalue weighted by molar-refractivity contribution is 7.08. The molecule has 0 saturated heterocycles. The SMILES string of the molecule is CCC(C)NCC(=O)c1ccsc1. The molecule has 0 fully saturated rings. The fraction of sp³-hybridized carbons (Fsp3) is 0.500. The van der Waals surface area contributed by atoms with Gasteiger partial charge in [-0.05, 0) is 24.8 Å². The molecule has 0 amide bonds. The van der Waals surface area contributed by atoms with Crippen molar-refractivity contribution >= 4 is 17.1 Å². The zero-order valence-corrected chi connectivity index (χ0v) is 8.86. The zero-order valence-electron chi connectivity index (χ0n) is 8.04. The first-order valence-corrected chi connectivity index (χ1v) is 5.47. The number of rotatable bonds is 5. The molecule has 0 spiro atoms. The van der Waals surface area contributed by atoms with Gasteiger partial charge in [0.2, 0.25) is 0 Å². The third kappa shape index (κ3) is 3.28. The summed E-state index contributed by atoms with van der Waals surface area (Å²) in [5.74, 6) is 0.182. The molecule has 1 unspecified atom stereocenters. The van der Waals surface area contributed by atoms with Gasteiger partial charge >= 0.3 is 0 Å². The summed E-state index contributed by atoms with van der Waals surface area (Å²) in [4.78, 5) is 11.5. The van der Waals surface area contributed by atoms with Crippen molar-refractivity contribution in [2.75, 3.05) is 6.54 Å². The van der Waals surface area contributed by atoms with Crippen LogP contribution >= 0.6 is 11.3 Å².